The van der Waals surface area contributed by atoms with Crippen LogP contribution in [0.15, 0.2) is 30.3 Å². The van der Waals surface area contributed by atoms with Gasteiger partial charge < -0.3 is 4.74 Å². The molecule has 0 spiro atoms. The smallest absolute Gasteiger partial charge is 0.232 e. The minimum atomic E-state index is -0.447. The van der Waals surface area contributed by atoms with Crippen molar-refractivity contribution in [1.82, 2.24) is 9.97 Å². The molecule has 0 aliphatic heterocycles. The molecule has 0 unspecified atom stereocenters. The Morgan fingerprint density at radius 3 is 2.84 bits per heavy atom. The molecular weight excluding hydrogens is 287 g/mol. The highest BCUT2D eigenvalue weighted by atomic mass is 35.5. The lowest BCUT2D eigenvalue weighted by Crippen LogP contribution is -1.93. The van der Waals surface area contributed by atoms with E-state index in [1.807, 2.05) is 13.0 Å². The third-order valence-corrected chi connectivity index (χ3v) is 3.61. The molecule has 96 valence electrons. The molecule has 0 amide bonds. The summed E-state index contributed by atoms with van der Waals surface area (Å²) in [5.41, 5.74) is 0. The second-order valence-electron chi connectivity index (χ2n) is 3.91. The van der Waals surface area contributed by atoms with Crippen molar-refractivity contribution < 1.29 is 9.13 Å². The molecule has 0 fully saturated rings. The molecule has 19 heavy (non-hydrogen) atoms. The van der Waals surface area contributed by atoms with Crippen molar-refractivity contribution in [3.63, 3.8) is 0 Å². The summed E-state index contributed by atoms with van der Waals surface area (Å²) in [5.74, 6) is -0.0656. The lowest BCUT2D eigenvalue weighted by atomic mass is 10.3. The molecule has 6 heteroatoms. The molecule has 0 saturated carbocycles. The maximum atomic E-state index is 13.6. The number of nitrogens with zero attached hydrogens (tertiary/aromatic N) is 2. The number of hydrogen-bond donors (Lipinski definition) is 0. The summed E-state index contributed by atoms with van der Waals surface area (Å²) in [6.45, 7) is 1.95. The van der Waals surface area contributed by atoms with Gasteiger partial charge in [-0.15, -0.1) is 11.3 Å². The van der Waals surface area contributed by atoms with Crippen LogP contribution in [0.5, 0.6) is 11.6 Å². The molecular formula is C13H8ClFN2OS. The predicted molar refractivity (Wildman–Crippen MR) is 73.6 cm³/mol. The molecule has 0 bridgehead atoms. The number of rotatable bonds is 2. The van der Waals surface area contributed by atoms with Crippen LogP contribution in [0, 0.1) is 12.7 Å². The standard InChI is InChI=1S/C13H8ClFN2OS/c1-7-6-8-11(16-13(14)17-12(8)19-7)18-10-5-3-2-4-9(10)15/h2-6H,1H3. The summed E-state index contributed by atoms with van der Waals surface area (Å²) >= 11 is 7.34. The molecule has 0 aliphatic carbocycles. The van der Waals surface area contributed by atoms with Gasteiger partial charge in [0, 0.05) is 4.88 Å². The first-order valence-corrected chi connectivity index (χ1v) is 6.69. The van der Waals surface area contributed by atoms with Crippen molar-refractivity contribution in [2.75, 3.05) is 0 Å². The van der Waals surface area contributed by atoms with E-state index >= 15 is 0 Å². The summed E-state index contributed by atoms with van der Waals surface area (Å²) < 4.78 is 19.1. The van der Waals surface area contributed by atoms with Gasteiger partial charge in [0.25, 0.3) is 0 Å². The first kappa shape index (κ1) is 12.3. The van der Waals surface area contributed by atoms with Crippen molar-refractivity contribution in [3.05, 3.63) is 46.3 Å². The van der Waals surface area contributed by atoms with E-state index in [4.69, 9.17) is 16.3 Å². The zero-order chi connectivity index (χ0) is 13.4. The molecule has 3 nitrogen and oxygen atoms in total. The van der Waals surface area contributed by atoms with Crippen molar-refractivity contribution in [1.29, 1.82) is 0 Å². The normalized spacial score (nSPS) is 10.9. The molecule has 3 aromatic rings. The minimum Gasteiger partial charge on any atom is -0.435 e. The summed E-state index contributed by atoms with van der Waals surface area (Å²) in [5, 5.41) is 0.816. The Morgan fingerprint density at radius 2 is 2.05 bits per heavy atom. The highest BCUT2D eigenvalue weighted by Gasteiger charge is 2.13. The topological polar surface area (TPSA) is 35.0 Å². The number of aromatic nitrogens is 2. The van der Waals surface area contributed by atoms with Gasteiger partial charge in [-0.25, -0.2) is 9.37 Å². The predicted octanol–water partition coefficient (Wildman–Crippen LogP) is 4.58. The van der Waals surface area contributed by atoms with E-state index < -0.39 is 5.82 Å². The van der Waals surface area contributed by atoms with E-state index in [1.54, 1.807) is 12.1 Å². The van der Waals surface area contributed by atoms with Crippen molar-refractivity contribution in [3.8, 4) is 11.6 Å². The number of thiophene rings is 1. The molecule has 0 aliphatic rings. The Hall–Kier alpha value is -1.72. The lowest BCUT2D eigenvalue weighted by molar-refractivity contribution is 0.432. The van der Waals surface area contributed by atoms with Crippen LogP contribution in [-0.4, -0.2) is 9.97 Å². The van der Waals surface area contributed by atoms with E-state index in [0.29, 0.717) is 0 Å². The second-order valence-corrected chi connectivity index (χ2v) is 5.48. The van der Waals surface area contributed by atoms with Crippen LogP contribution in [0.1, 0.15) is 4.88 Å². The van der Waals surface area contributed by atoms with Crippen LogP contribution < -0.4 is 4.74 Å². The van der Waals surface area contributed by atoms with Gasteiger partial charge in [-0.2, -0.15) is 4.98 Å². The van der Waals surface area contributed by atoms with Crippen LogP contribution in [0.4, 0.5) is 4.39 Å². The monoisotopic (exact) mass is 294 g/mol. The van der Waals surface area contributed by atoms with Crippen LogP contribution in [0.25, 0.3) is 10.2 Å². The molecule has 0 atom stereocenters. The number of para-hydroxylation sites is 1. The van der Waals surface area contributed by atoms with Gasteiger partial charge >= 0.3 is 0 Å². The Kier molecular flexibility index (Phi) is 3.08. The van der Waals surface area contributed by atoms with E-state index in [9.17, 15) is 4.39 Å². The van der Waals surface area contributed by atoms with Gasteiger partial charge in [0.1, 0.15) is 4.83 Å². The first-order chi connectivity index (χ1) is 9.13. The average molecular weight is 295 g/mol. The number of halogens is 2. The molecule has 2 aromatic heterocycles. The van der Waals surface area contributed by atoms with E-state index in [2.05, 4.69) is 9.97 Å². The molecule has 0 N–H and O–H groups in total. The van der Waals surface area contributed by atoms with Crippen molar-refractivity contribution >= 4 is 33.2 Å². The van der Waals surface area contributed by atoms with Crippen molar-refractivity contribution in [2.45, 2.75) is 6.92 Å². The number of benzene rings is 1. The Balaban J connectivity index is 2.12. The summed E-state index contributed by atoms with van der Waals surface area (Å²) in [6, 6.07) is 8.05. The van der Waals surface area contributed by atoms with Crippen LogP contribution in [0.2, 0.25) is 5.28 Å². The fourth-order valence-electron chi connectivity index (χ4n) is 1.70. The fourth-order valence-corrected chi connectivity index (χ4v) is 2.78. The van der Waals surface area contributed by atoms with Gasteiger partial charge in [-0.1, -0.05) is 12.1 Å². The maximum Gasteiger partial charge on any atom is 0.232 e. The quantitative estimate of drug-likeness (QED) is 0.649. The van der Waals surface area contributed by atoms with Gasteiger partial charge in [0.05, 0.1) is 5.39 Å². The first-order valence-electron chi connectivity index (χ1n) is 5.49. The van der Waals surface area contributed by atoms with Gasteiger partial charge in [0.15, 0.2) is 11.6 Å². The minimum absolute atomic E-state index is 0.0840. The third-order valence-electron chi connectivity index (χ3n) is 2.50. The number of ether oxygens (including phenoxy) is 1. The van der Waals surface area contributed by atoms with E-state index in [-0.39, 0.29) is 16.9 Å². The zero-order valence-corrected chi connectivity index (χ0v) is 11.4. The van der Waals surface area contributed by atoms with Crippen LogP contribution in [0.3, 0.4) is 0 Å². The Morgan fingerprint density at radius 1 is 1.26 bits per heavy atom. The zero-order valence-electron chi connectivity index (χ0n) is 9.85. The summed E-state index contributed by atoms with van der Waals surface area (Å²) in [4.78, 5) is 9.93. The summed E-state index contributed by atoms with van der Waals surface area (Å²) in [6.07, 6.45) is 0. The van der Waals surface area contributed by atoms with E-state index in [0.717, 1.165) is 15.1 Å². The van der Waals surface area contributed by atoms with Gasteiger partial charge in [-0.05, 0) is 36.7 Å². The number of fused-ring (bicyclic) bond motifs is 1. The molecule has 3 rings (SSSR count). The van der Waals surface area contributed by atoms with Gasteiger partial charge in [-0.3, -0.25) is 0 Å². The summed E-state index contributed by atoms with van der Waals surface area (Å²) in [7, 11) is 0. The molecule has 2 heterocycles. The largest absolute Gasteiger partial charge is 0.435 e. The Labute approximate surface area is 117 Å². The highest BCUT2D eigenvalue weighted by Crippen LogP contribution is 2.34. The molecule has 0 saturated heterocycles. The second kappa shape index (κ2) is 4.75. The Bertz CT molecular complexity index is 759. The van der Waals surface area contributed by atoms with Crippen LogP contribution >= 0.6 is 22.9 Å². The molecule has 1 aromatic carbocycles. The van der Waals surface area contributed by atoms with Gasteiger partial charge in [0.2, 0.25) is 11.2 Å². The SMILES string of the molecule is Cc1cc2c(Oc3ccccc3F)nc(Cl)nc2s1. The third kappa shape index (κ3) is 2.39. The fraction of sp³-hybridized carbons (Fsp3) is 0.0769. The maximum absolute atomic E-state index is 13.6. The number of hydrogen-bond acceptors (Lipinski definition) is 4. The molecule has 0 radical (unpaired) electrons. The highest BCUT2D eigenvalue weighted by molar-refractivity contribution is 7.18. The van der Waals surface area contributed by atoms with Crippen LogP contribution in [-0.2, 0) is 0 Å². The lowest BCUT2D eigenvalue weighted by Gasteiger charge is -2.06. The average Bonchev–Trinajstić information content (AvgIpc) is 2.72. The van der Waals surface area contributed by atoms with Crippen molar-refractivity contribution in [2.24, 2.45) is 0 Å². The van der Waals surface area contributed by atoms with E-state index in [1.165, 1.54) is 23.5 Å². The number of aryl methyl sites for hydroxylation is 1.